The van der Waals surface area contributed by atoms with Gasteiger partial charge in [-0.2, -0.15) is 0 Å². The molecule has 0 heterocycles. The SMILES string of the molecule is CNCCNC(=O)Cc1ccccc1. The van der Waals surface area contributed by atoms with Crippen LogP contribution in [0.15, 0.2) is 30.3 Å². The highest BCUT2D eigenvalue weighted by molar-refractivity contribution is 5.78. The van der Waals surface area contributed by atoms with E-state index in [0.29, 0.717) is 13.0 Å². The quantitative estimate of drug-likeness (QED) is 0.669. The molecule has 1 amide bonds. The van der Waals surface area contributed by atoms with Crippen LogP contribution in [0.1, 0.15) is 5.56 Å². The van der Waals surface area contributed by atoms with Crippen molar-refractivity contribution in [2.75, 3.05) is 20.1 Å². The van der Waals surface area contributed by atoms with Crippen molar-refractivity contribution in [3.05, 3.63) is 35.9 Å². The third-order valence-corrected chi connectivity index (χ3v) is 1.90. The molecule has 2 N–H and O–H groups in total. The van der Waals surface area contributed by atoms with Crippen LogP contribution in [0, 0.1) is 0 Å². The Morgan fingerprint density at radius 3 is 2.57 bits per heavy atom. The van der Waals surface area contributed by atoms with Crippen LogP contribution >= 0.6 is 0 Å². The standard InChI is InChI=1S/C11H16N2O/c1-12-7-8-13-11(14)9-10-5-3-2-4-6-10/h2-6,12H,7-9H2,1H3,(H,13,14). The van der Waals surface area contributed by atoms with Crippen molar-refractivity contribution in [3.63, 3.8) is 0 Å². The van der Waals surface area contributed by atoms with Gasteiger partial charge in [0, 0.05) is 13.1 Å². The second-order valence-corrected chi connectivity index (χ2v) is 3.12. The Bertz CT molecular complexity index is 272. The molecule has 0 aliphatic carbocycles. The maximum Gasteiger partial charge on any atom is 0.224 e. The molecular formula is C11H16N2O. The molecule has 3 nitrogen and oxygen atoms in total. The Labute approximate surface area is 84.5 Å². The van der Waals surface area contributed by atoms with Crippen LogP contribution in [0.4, 0.5) is 0 Å². The van der Waals surface area contributed by atoms with Crippen molar-refractivity contribution in [3.8, 4) is 0 Å². The number of amides is 1. The van der Waals surface area contributed by atoms with E-state index < -0.39 is 0 Å². The Balaban J connectivity index is 2.27. The minimum atomic E-state index is 0.0754. The molecule has 0 aromatic heterocycles. The predicted molar refractivity (Wildman–Crippen MR) is 57.1 cm³/mol. The zero-order valence-corrected chi connectivity index (χ0v) is 8.42. The average molecular weight is 192 g/mol. The topological polar surface area (TPSA) is 41.1 Å². The van der Waals surface area contributed by atoms with E-state index in [9.17, 15) is 4.79 Å². The Kier molecular flexibility index (Phi) is 4.72. The van der Waals surface area contributed by atoms with Crippen molar-refractivity contribution in [2.45, 2.75) is 6.42 Å². The normalized spacial score (nSPS) is 9.79. The van der Waals surface area contributed by atoms with Crippen LogP contribution in [0.3, 0.4) is 0 Å². The number of benzene rings is 1. The number of likely N-dealkylation sites (N-methyl/N-ethyl adjacent to an activating group) is 1. The number of hydrogen-bond acceptors (Lipinski definition) is 2. The van der Waals surface area contributed by atoms with Crippen LogP contribution in [0.25, 0.3) is 0 Å². The molecule has 14 heavy (non-hydrogen) atoms. The molecule has 1 aromatic rings. The first kappa shape index (κ1) is 10.7. The van der Waals surface area contributed by atoms with E-state index in [4.69, 9.17) is 0 Å². The van der Waals surface area contributed by atoms with Gasteiger partial charge in [0.25, 0.3) is 0 Å². The summed E-state index contributed by atoms with van der Waals surface area (Å²) in [5, 5.41) is 5.80. The lowest BCUT2D eigenvalue weighted by atomic mass is 10.1. The van der Waals surface area contributed by atoms with Gasteiger partial charge in [-0.3, -0.25) is 4.79 Å². The number of carbonyl (C=O) groups excluding carboxylic acids is 1. The second kappa shape index (κ2) is 6.16. The van der Waals surface area contributed by atoms with E-state index in [1.807, 2.05) is 37.4 Å². The highest BCUT2D eigenvalue weighted by Crippen LogP contribution is 1.98. The lowest BCUT2D eigenvalue weighted by Gasteiger charge is -2.04. The highest BCUT2D eigenvalue weighted by atomic mass is 16.1. The van der Waals surface area contributed by atoms with Gasteiger partial charge in [0.15, 0.2) is 0 Å². The summed E-state index contributed by atoms with van der Waals surface area (Å²) >= 11 is 0. The van der Waals surface area contributed by atoms with E-state index >= 15 is 0 Å². The third kappa shape index (κ3) is 4.05. The van der Waals surface area contributed by atoms with Crippen molar-refractivity contribution in [1.29, 1.82) is 0 Å². The van der Waals surface area contributed by atoms with E-state index in [1.54, 1.807) is 0 Å². The molecule has 1 aromatic carbocycles. The molecule has 0 aliphatic rings. The van der Waals surface area contributed by atoms with Crippen LogP contribution in [-0.2, 0) is 11.2 Å². The fourth-order valence-corrected chi connectivity index (χ4v) is 1.17. The van der Waals surface area contributed by atoms with E-state index in [0.717, 1.165) is 12.1 Å². The zero-order chi connectivity index (χ0) is 10.2. The molecule has 0 saturated heterocycles. The molecule has 0 spiro atoms. The summed E-state index contributed by atoms with van der Waals surface area (Å²) in [6, 6.07) is 9.74. The first-order chi connectivity index (χ1) is 6.83. The summed E-state index contributed by atoms with van der Waals surface area (Å²) in [5.74, 6) is 0.0754. The molecule has 1 rings (SSSR count). The maximum absolute atomic E-state index is 11.3. The molecule has 76 valence electrons. The molecule has 0 bridgehead atoms. The second-order valence-electron chi connectivity index (χ2n) is 3.12. The van der Waals surface area contributed by atoms with Gasteiger partial charge in [-0.25, -0.2) is 0 Å². The maximum atomic E-state index is 11.3. The zero-order valence-electron chi connectivity index (χ0n) is 8.42. The Morgan fingerprint density at radius 2 is 1.93 bits per heavy atom. The molecule has 0 radical (unpaired) electrons. The number of nitrogens with one attached hydrogen (secondary N) is 2. The first-order valence-corrected chi connectivity index (χ1v) is 4.78. The van der Waals surface area contributed by atoms with E-state index in [1.165, 1.54) is 0 Å². The van der Waals surface area contributed by atoms with Crippen LogP contribution in [-0.4, -0.2) is 26.0 Å². The Morgan fingerprint density at radius 1 is 1.21 bits per heavy atom. The molecule has 3 heteroatoms. The largest absolute Gasteiger partial charge is 0.355 e. The first-order valence-electron chi connectivity index (χ1n) is 4.78. The van der Waals surface area contributed by atoms with Gasteiger partial charge in [0.05, 0.1) is 6.42 Å². The van der Waals surface area contributed by atoms with Gasteiger partial charge in [-0.15, -0.1) is 0 Å². The van der Waals surface area contributed by atoms with Gasteiger partial charge >= 0.3 is 0 Å². The predicted octanol–water partition coefficient (Wildman–Crippen LogP) is 0.565. The summed E-state index contributed by atoms with van der Waals surface area (Å²) in [6.07, 6.45) is 0.463. The number of carbonyl (C=O) groups is 1. The highest BCUT2D eigenvalue weighted by Gasteiger charge is 2.00. The summed E-state index contributed by atoms with van der Waals surface area (Å²) in [4.78, 5) is 11.3. The number of rotatable bonds is 5. The smallest absolute Gasteiger partial charge is 0.224 e. The van der Waals surface area contributed by atoms with Gasteiger partial charge in [0.1, 0.15) is 0 Å². The van der Waals surface area contributed by atoms with Crippen molar-refractivity contribution in [2.24, 2.45) is 0 Å². The molecule has 0 aliphatic heterocycles. The fraction of sp³-hybridized carbons (Fsp3) is 0.364. The molecule has 0 unspecified atom stereocenters. The minimum absolute atomic E-state index is 0.0754. The van der Waals surface area contributed by atoms with E-state index in [2.05, 4.69) is 10.6 Å². The summed E-state index contributed by atoms with van der Waals surface area (Å²) in [6.45, 7) is 1.49. The molecular weight excluding hydrogens is 176 g/mol. The van der Waals surface area contributed by atoms with Gasteiger partial charge in [0.2, 0.25) is 5.91 Å². The fourth-order valence-electron chi connectivity index (χ4n) is 1.17. The summed E-state index contributed by atoms with van der Waals surface area (Å²) in [7, 11) is 1.86. The van der Waals surface area contributed by atoms with Crippen molar-refractivity contribution in [1.82, 2.24) is 10.6 Å². The summed E-state index contributed by atoms with van der Waals surface area (Å²) < 4.78 is 0. The third-order valence-electron chi connectivity index (χ3n) is 1.90. The Hall–Kier alpha value is -1.35. The summed E-state index contributed by atoms with van der Waals surface area (Å²) in [5.41, 5.74) is 1.05. The average Bonchev–Trinajstić information content (AvgIpc) is 2.20. The minimum Gasteiger partial charge on any atom is -0.355 e. The lowest BCUT2D eigenvalue weighted by Crippen LogP contribution is -2.31. The van der Waals surface area contributed by atoms with Crippen molar-refractivity contribution >= 4 is 5.91 Å². The van der Waals surface area contributed by atoms with Crippen LogP contribution in [0.5, 0.6) is 0 Å². The molecule has 0 atom stereocenters. The number of hydrogen-bond donors (Lipinski definition) is 2. The molecule has 0 saturated carbocycles. The van der Waals surface area contributed by atoms with Crippen LogP contribution in [0.2, 0.25) is 0 Å². The van der Waals surface area contributed by atoms with Gasteiger partial charge < -0.3 is 10.6 Å². The van der Waals surface area contributed by atoms with Crippen molar-refractivity contribution < 1.29 is 4.79 Å². The van der Waals surface area contributed by atoms with E-state index in [-0.39, 0.29) is 5.91 Å². The monoisotopic (exact) mass is 192 g/mol. The lowest BCUT2D eigenvalue weighted by molar-refractivity contribution is -0.120. The molecule has 0 fully saturated rings. The van der Waals surface area contributed by atoms with Gasteiger partial charge in [-0.1, -0.05) is 30.3 Å². The van der Waals surface area contributed by atoms with Crippen LogP contribution < -0.4 is 10.6 Å². The van der Waals surface area contributed by atoms with Gasteiger partial charge in [-0.05, 0) is 12.6 Å².